The van der Waals surface area contributed by atoms with Gasteiger partial charge in [-0.1, -0.05) is 0 Å². The average Bonchev–Trinajstić information content (AvgIpc) is 2.17. The summed E-state index contributed by atoms with van der Waals surface area (Å²) < 4.78 is 10.6. The van der Waals surface area contributed by atoms with Crippen LogP contribution in [0.15, 0.2) is 21.3 Å². The number of halogens is 1. The molecule has 1 aromatic rings. The molecule has 2 rings (SSSR count). The van der Waals surface area contributed by atoms with Crippen molar-refractivity contribution in [3.8, 4) is 5.75 Å². The van der Waals surface area contributed by atoms with E-state index in [4.69, 9.17) is 9.15 Å². The average molecular weight is 246 g/mol. The molecule has 0 unspecified atom stereocenters. The lowest BCUT2D eigenvalue weighted by atomic mass is 10.1. The quantitative estimate of drug-likeness (QED) is 0.858. The van der Waals surface area contributed by atoms with Crippen LogP contribution in [0.3, 0.4) is 0 Å². The molecule has 1 saturated heterocycles. The van der Waals surface area contributed by atoms with Crippen LogP contribution in [0.2, 0.25) is 0 Å². The molecule has 2 heterocycles. The van der Waals surface area contributed by atoms with Crippen LogP contribution in [0.5, 0.6) is 5.75 Å². The largest absolute Gasteiger partial charge is 0.490 e. The fourth-order valence-electron chi connectivity index (χ4n) is 1.75. The Morgan fingerprint density at radius 1 is 1.38 bits per heavy atom. The van der Waals surface area contributed by atoms with E-state index >= 15 is 0 Å². The molecule has 16 heavy (non-hydrogen) atoms. The van der Waals surface area contributed by atoms with E-state index in [1.54, 1.807) is 13.0 Å². The molecule has 0 spiro atoms. The first-order chi connectivity index (χ1) is 7.24. The molecule has 1 aliphatic heterocycles. The number of aryl methyl sites for hydroxylation is 1. The molecule has 0 aliphatic carbocycles. The second-order valence-corrected chi connectivity index (χ2v) is 3.79. The standard InChI is InChI=1S/C11H15NO3.ClH/c1-8-6-10(7-11(13)14-8)15-9-2-4-12-5-3-9;/h6-7,9,12H,2-5H2,1H3;1H. The third kappa shape index (κ3) is 3.54. The lowest BCUT2D eigenvalue weighted by Crippen LogP contribution is -2.34. The van der Waals surface area contributed by atoms with E-state index in [2.05, 4.69) is 5.32 Å². The number of nitrogens with one attached hydrogen (secondary N) is 1. The second kappa shape index (κ2) is 5.92. The summed E-state index contributed by atoms with van der Waals surface area (Å²) in [7, 11) is 0. The van der Waals surface area contributed by atoms with Gasteiger partial charge >= 0.3 is 5.63 Å². The molecule has 0 saturated carbocycles. The second-order valence-electron chi connectivity index (χ2n) is 3.79. The Morgan fingerprint density at radius 3 is 2.69 bits per heavy atom. The minimum absolute atomic E-state index is 0. The topological polar surface area (TPSA) is 51.5 Å². The third-order valence-corrected chi connectivity index (χ3v) is 2.46. The molecular formula is C11H16ClNO3. The molecule has 0 amide bonds. The summed E-state index contributed by atoms with van der Waals surface area (Å²) in [6, 6.07) is 3.15. The van der Waals surface area contributed by atoms with E-state index < -0.39 is 0 Å². The van der Waals surface area contributed by atoms with Gasteiger partial charge in [0, 0.05) is 6.07 Å². The van der Waals surface area contributed by atoms with Crippen LogP contribution < -0.4 is 15.7 Å². The number of hydrogen-bond donors (Lipinski definition) is 1. The molecule has 5 heteroatoms. The molecule has 0 radical (unpaired) electrons. The summed E-state index contributed by atoms with van der Waals surface area (Å²) in [5.74, 6) is 1.21. The summed E-state index contributed by atoms with van der Waals surface area (Å²) in [5.41, 5.74) is -0.348. The molecule has 90 valence electrons. The molecule has 0 aromatic carbocycles. The first-order valence-electron chi connectivity index (χ1n) is 5.23. The van der Waals surface area contributed by atoms with Gasteiger partial charge in [-0.05, 0) is 32.9 Å². The normalized spacial score (nSPS) is 16.6. The molecule has 1 N–H and O–H groups in total. The van der Waals surface area contributed by atoms with Crippen molar-refractivity contribution in [2.45, 2.75) is 25.9 Å². The van der Waals surface area contributed by atoms with Crippen molar-refractivity contribution < 1.29 is 9.15 Å². The first kappa shape index (κ1) is 13.1. The van der Waals surface area contributed by atoms with E-state index in [-0.39, 0.29) is 24.1 Å². The van der Waals surface area contributed by atoms with E-state index in [1.165, 1.54) is 6.07 Å². The Hall–Kier alpha value is -1.00. The lowest BCUT2D eigenvalue weighted by Gasteiger charge is -2.23. The monoisotopic (exact) mass is 245 g/mol. The van der Waals surface area contributed by atoms with Crippen LogP contribution in [0.25, 0.3) is 0 Å². The highest BCUT2D eigenvalue weighted by Crippen LogP contribution is 2.15. The fraction of sp³-hybridized carbons (Fsp3) is 0.545. The highest BCUT2D eigenvalue weighted by molar-refractivity contribution is 5.85. The zero-order valence-electron chi connectivity index (χ0n) is 9.19. The minimum Gasteiger partial charge on any atom is -0.490 e. The highest BCUT2D eigenvalue weighted by atomic mass is 35.5. The maximum atomic E-state index is 11.1. The maximum Gasteiger partial charge on any atom is 0.339 e. The van der Waals surface area contributed by atoms with Crippen LogP contribution in [0.1, 0.15) is 18.6 Å². The van der Waals surface area contributed by atoms with Crippen molar-refractivity contribution in [2.24, 2.45) is 0 Å². The van der Waals surface area contributed by atoms with Gasteiger partial charge in [-0.15, -0.1) is 12.4 Å². The Labute approximate surface area is 100 Å². The van der Waals surface area contributed by atoms with Crippen LogP contribution in [0, 0.1) is 6.92 Å². The summed E-state index contributed by atoms with van der Waals surface area (Å²) in [5, 5.41) is 3.26. The van der Waals surface area contributed by atoms with Crippen LogP contribution in [0.4, 0.5) is 0 Å². The molecule has 0 bridgehead atoms. The van der Waals surface area contributed by atoms with Crippen molar-refractivity contribution in [1.29, 1.82) is 0 Å². The van der Waals surface area contributed by atoms with Gasteiger partial charge in [-0.2, -0.15) is 0 Å². The predicted octanol–water partition coefficient (Wildman–Crippen LogP) is 1.50. The lowest BCUT2D eigenvalue weighted by molar-refractivity contribution is 0.161. The van der Waals surface area contributed by atoms with E-state index in [0.29, 0.717) is 11.5 Å². The SMILES string of the molecule is Cc1cc(OC2CCNCC2)cc(=O)o1.Cl. The maximum absolute atomic E-state index is 11.1. The highest BCUT2D eigenvalue weighted by Gasteiger charge is 2.14. The summed E-state index contributed by atoms with van der Waals surface area (Å²) in [4.78, 5) is 11.1. The fourth-order valence-corrected chi connectivity index (χ4v) is 1.75. The van der Waals surface area contributed by atoms with E-state index in [0.717, 1.165) is 25.9 Å². The third-order valence-electron chi connectivity index (χ3n) is 2.46. The van der Waals surface area contributed by atoms with Gasteiger partial charge in [0.25, 0.3) is 0 Å². The smallest absolute Gasteiger partial charge is 0.339 e. The summed E-state index contributed by atoms with van der Waals surface area (Å²) in [6.07, 6.45) is 2.19. The molecule has 1 aromatic heterocycles. The number of hydrogen-bond acceptors (Lipinski definition) is 4. The van der Waals surface area contributed by atoms with Crippen molar-refractivity contribution in [1.82, 2.24) is 5.32 Å². The van der Waals surface area contributed by atoms with E-state index in [1.807, 2.05) is 0 Å². The van der Waals surface area contributed by atoms with Gasteiger partial charge in [-0.25, -0.2) is 4.79 Å². The van der Waals surface area contributed by atoms with Gasteiger partial charge in [0.15, 0.2) is 0 Å². The van der Waals surface area contributed by atoms with Gasteiger partial charge in [0.05, 0.1) is 6.07 Å². The van der Waals surface area contributed by atoms with Crippen LogP contribution >= 0.6 is 12.4 Å². The van der Waals surface area contributed by atoms with Gasteiger partial charge in [0.1, 0.15) is 17.6 Å². The molecular weight excluding hydrogens is 230 g/mol. The van der Waals surface area contributed by atoms with Gasteiger partial charge in [0.2, 0.25) is 0 Å². The summed E-state index contributed by atoms with van der Waals surface area (Å²) in [6.45, 7) is 3.70. The van der Waals surface area contributed by atoms with Crippen molar-refractivity contribution in [3.05, 3.63) is 28.3 Å². The zero-order valence-corrected chi connectivity index (χ0v) is 10.0. The van der Waals surface area contributed by atoms with E-state index in [9.17, 15) is 4.79 Å². The summed E-state index contributed by atoms with van der Waals surface area (Å²) >= 11 is 0. The Kier molecular flexibility index (Phi) is 4.83. The van der Waals surface area contributed by atoms with Crippen LogP contribution in [-0.2, 0) is 0 Å². The van der Waals surface area contributed by atoms with Gasteiger partial charge < -0.3 is 14.5 Å². The van der Waals surface area contributed by atoms with Crippen molar-refractivity contribution in [2.75, 3.05) is 13.1 Å². The molecule has 1 fully saturated rings. The van der Waals surface area contributed by atoms with Crippen molar-refractivity contribution >= 4 is 12.4 Å². The predicted molar refractivity (Wildman–Crippen MR) is 63.5 cm³/mol. The Morgan fingerprint density at radius 2 is 2.06 bits per heavy atom. The molecule has 1 aliphatic rings. The minimum atomic E-state index is -0.348. The Balaban J connectivity index is 0.00000128. The number of ether oxygens (including phenoxy) is 1. The number of piperidine rings is 1. The molecule has 0 atom stereocenters. The van der Waals surface area contributed by atoms with Crippen LogP contribution in [-0.4, -0.2) is 19.2 Å². The zero-order chi connectivity index (χ0) is 10.7. The number of rotatable bonds is 2. The first-order valence-corrected chi connectivity index (χ1v) is 5.23. The Bertz CT molecular complexity index is 385. The van der Waals surface area contributed by atoms with Gasteiger partial charge in [-0.3, -0.25) is 0 Å². The molecule has 4 nitrogen and oxygen atoms in total. The van der Waals surface area contributed by atoms with Crippen molar-refractivity contribution in [3.63, 3.8) is 0 Å².